The summed E-state index contributed by atoms with van der Waals surface area (Å²) in [5, 5.41) is 0.153. The van der Waals surface area contributed by atoms with Gasteiger partial charge in [0.05, 0.1) is 5.02 Å². The van der Waals surface area contributed by atoms with Gasteiger partial charge in [0.15, 0.2) is 0 Å². The van der Waals surface area contributed by atoms with Crippen molar-refractivity contribution in [1.82, 2.24) is 9.71 Å². The van der Waals surface area contributed by atoms with Crippen LogP contribution in [0.2, 0.25) is 5.02 Å². The second-order valence-corrected chi connectivity index (χ2v) is 7.07. The minimum Gasteiger partial charge on any atom is -0.382 e. The van der Waals surface area contributed by atoms with Crippen molar-refractivity contribution in [3.05, 3.63) is 17.3 Å². The average Bonchev–Trinajstić information content (AvgIpc) is 2.41. The monoisotopic (exact) mass is 303 g/mol. The molecule has 0 radical (unpaired) electrons. The summed E-state index contributed by atoms with van der Waals surface area (Å²) in [4.78, 5) is 3.82. The lowest BCUT2D eigenvalue weighted by Crippen LogP contribution is -2.30. The summed E-state index contributed by atoms with van der Waals surface area (Å²) >= 11 is 5.79. The molecule has 1 saturated carbocycles. The van der Waals surface area contributed by atoms with Gasteiger partial charge in [0.1, 0.15) is 10.7 Å². The first-order valence-electron chi connectivity index (χ1n) is 6.40. The summed E-state index contributed by atoms with van der Waals surface area (Å²) in [7, 11) is -3.55. The Bertz CT molecular complexity index is 542. The lowest BCUT2D eigenvalue weighted by atomic mass is 9.90. The molecule has 0 spiro atoms. The van der Waals surface area contributed by atoms with E-state index in [0.717, 1.165) is 12.8 Å². The number of nitrogens with zero attached hydrogens (tertiary/aromatic N) is 1. The summed E-state index contributed by atoms with van der Waals surface area (Å²) in [5.41, 5.74) is 5.46. The van der Waals surface area contributed by atoms with Crippen LogP contribution in [0.3, 0.4) is 0 Å². The zero-order valence-corrected chi connectivity index (χ0v) is 12.2. The Kier molecular flexibility index (Phi) is 4.65. The molecule has 3 N–H and O–H groups in total. The second kappa shape index (κ2) is 6.07. The maximum absolute atomic E-state index is 12.1. The van der Waals surface area contributed by atoms with E-state index in [9.17, 15) is 8.42 Å². The molecule has 2 rings (SSSR count). The van der Waals surface area contributed by atoms with E-state index in [4.69, 9.17) is 17.3 Å². The Balaban J connectivity index is 2.02. The summed E-state index contributed by atoms with van der Waals surface area (Å²) in [6.45, 7) is 0.477. The van der Waals surface area contributed by atoms with Gasteiger partial charge in [0.25, 0.3) is 0 Å². The summed E-state index contributed by atoms with van der Waals surface area (Å²) in [5.74, 6) is 0.564. The van der Waals surface area contributed by atoms with Crippen molar-refractivity contribution in [3.63, 3.8) is 0 Å². The molecular weight excluding hydrogens is 286 g/mol. The topological polar surface area (TPSA) is 85.1 Å². The first-order valence-corrected chi connectivity index (χ1v) is 8.26. The van der Waals surface area contributed by atoms with Crippen molar-refractivity contribution in [2.45, 2.75) is 37.0 Å². The number of nitrogens with one attached hydrogen (secondary N) is 1. The molecule has 19 heavy (non-hydrogen) atoms. The largest absolute Gasteiger partial charge is 0.382 e. The Morgan fingerprint density at radius 2 is 2.05 bits per heavy atom. The smallest absolute Gasteiger partial charge is 0.242 e. The van der Waals surface area contributed by atoms with Crippen LogP contribution >= 0.6 is 11.6 Å². The molecule has 0 saturated heterocycles. The van der Waals surface area contributed by atoms with E-state index < -0.39 is 10.0 Å². The third-order valence-corrected chi connectivity index (χ3v) is 5.13. The molecule has 1 heterocycles. The van der Waals surface area contributed by atoms with Crippen LogP contribution in [-0.2, 0) is 10.0 Å². The van der Waals surface area contributed by atoms with Crippen LogP contribution in [0.25, 0.3) is 0 Å². The van der Waals surface area contributed by atoms with E-state index in [1.807, 2.05) is 0 Å². The maximum atomic E-state index is 12.1. The van der Waals surface area contributed by atoms with Crippen LogP contribution in [-0.4, -0.2) is 19.9 Å². The van der Waals surface area contributed by atoms with Crippen molar-refractivity contribution in [1.29, 1.82) is 0 Å². The Morgan fingerprint density at radius 1 is 1.37 bits per heavy atom. The number of halogens is 1. The Labute approximate surface area is 118 Å². The molecule has 1 aliphatic rings. The molecule has 7 heteroatoms. The summed E-state index contributed by atoms with van der Waals surface area (Å²) < 4.78 is 26.8. The Hall–Kier alpha value is -0.850. The fourth-order valence-corrected chi connectivity index (χ4v) is 3.60. The molecule has 1 aromatic heterocycles. The quantitative estimate of drug-likeness (QED) is 0.892. The van der Waals surface area contributed by atoms with Gasteiger partial charge in [-0.05, 0) is 24.8 Å². The molecule has 1 fully saturated rings. The van der Waals surface area contributed by atoms with Crippen LogP contribution in [0.5, 0.6) is 0 Å². The fraction of sp³-hybridized carbons (Fsp3) is 0.583. The third-order valence-electron chi connectivity index (χ3n) is 3.44. The first kappa shape index (κ1) is 14.6. The highest BCUT2D eigenvalue weighted by atomic mass is 35.5. The van der Waals surface area contributed by atoms with Crippen LogP contribution < -0.4 is 10.5 Å². The van der Waals surface area contributed by atoms with Gasteiger partial charge in [-0.25, -0.2) is 18.1 Å². The van der Waals surface area contributed by atoms with Crippen LogP contribution in [0.1, 0.15) is 32.1 Å². The number of pyridine rings is 1. The van der Waals surface area contributed by atoms with Gasteiger partial charge in [0.2, 0.25) is 10.0 Å². The van der Waals surface area contributed by atoms with Gasteiger partial charge in [-0.15, -0.1) is 0 Å². The van der Waals surface area contributed by atoms with E-state index in [0.29, 0.717) is 12.5 Å². The molecule has 106 valence electrons. The van der Waals surface area contributed by atoms with E-state index >= 15 is 0 Å². The van der Waals surface area contributed by atoms with Gasteiger partial charge in [0, 0.05) is 12.7 Å². The predicted molar refractivity (Wildman–Crippen MR) is 75.4 cm³/mol. The van der Waals surface area contributed by atoms with Crippen LogP contribution in [0, 0.1) is 5.92 Å². The predicted octanol–water partition coefficient (Wildman–Crippen LogP) is 2.18. The standard InChI is InChI=1S/C12H18ClN3O2S/c13-11-6-10(8-15-12(11)14)19(17,18)16-7-9-4-2-1-3-5-9/h6,8-9,16H,1-5,7H2,(H2,14,15). The first-order chi connectivity index (χ1) is 8.99. The third kappa shape index (κ3) is 3.81. The number of anilines is 1. The molecule has 0 aliphatic heterocycles. The lowest BCUT2D eigenvalue weighted by molar-refractivity contribution is 0.357. The van der Waals surface area contributed by atoms with Crippen molar-refractivity contribution in [3.8, 4) is 0 Å². The number of hydrogen-bond donors (Lipinski definition) is 2. The van der Waals surface area contributed by atoms with E-state index in [1.165, 1.54) is 31.5 Å². The maximum Gasteiger partial charge on any atom is 0.242 e. The van der Waals surface area contributed by atoms with E-state index in [-0.39, 0.29) is 15.7 Å². The average molecular weight is 304 g/mol. The number of nitrogen functional groups attached to an aromatic ring is 1. The molecule has 0 amide bonds. The highest BCUT2D eigenvalue weighted by molar-refractivity contribution is 7.89. The molecule has 0 aromatic carbocycles. The second-order valence-electron chi connectivity index (χ2n) is 4.89. The zero-order valence-electron chi connectivity index (χ0n) is 10.6. The number of hydrogen-bond acceptors (Lipinski definition) is 4. The van der Waals surface area contributed by atoms with E-state index in [2.05, 4.69) is 9.71 Å². The number of sulfonamides is 1. The molecule has 0 bridgehead atoms. The number of rotatable bonds is 4. The molecule has 1 aliphatic carbocycles. The van der Waals surface area contributed by atoms with Crippen molar-refractivity contribution in [2.75, 3.05) is 12.3 Å². The van der Waals surface area contributed by atoms with Gasteiger partial charge >= 0.3 is 0 Å². The minimum absolute atomic E-state index is 0.0579. The van der Waals surface area contributed by atoms with Gasteiger partial charge < -0.3 is 5.73 Å². The summed E-state index contributed by atoms with van der Waals surface area (Å²) in [6.07, 6.45) is 7.01. The highest BCUT2D eigenvalue weighted by Crippen LogP contribution is 2.24. The number of nitrogens with two attached hydrogens (primary N) is 1. The normalized spacial score (nSPS) is 17.5. The van der Waals surface area contributed by atoms with Gasteiger partial charge in [-0.3, -0.25) is 0 Å². The highest BCUT2D eigenvalue weighted by Gasteiger charge is 2.19. The molecule has 0 atom stereocenters. The zero-order chi connectivity index (χ0) is 13.9. The van der Waals surface area contributed by atoms with Crippen LogP contribution in [0.4, 0.5) is 5.82 Å². The van der Waals surface area contributed by atoms with Crippen molar-refractivity contribution in [2.24, 2.45) is 5.92 Å². The molecule has 5 nitrogen and oxygen atoms in total. The van der Waals surface area contributed by atoms with Crippen LogP contribution in [0.15, 0.2) is 17.2 Å². The number of aromatic nitrogens is 1. The fourth-order valence-electron chi connectivity index (χ4n) is 2.28. The SMILES string of the molecule is Nc1ncc(S(=O)(=O)NCC2CCCCC2)cc1Cl. The van der Waals surface area contributed by atoms with Crippen molar-refractivity contribution < 1.29 is 8.42 Å². The molecule has 1 aromatic rings. The van der Waals surface area contributed by atoms with Gasteiger partial charge in [-0.1, -0.05) is 30.9 Å². The van der Waals surface area contributed by atoms with Gasteiger partial charge in [-0.2, -0.15) is 0 Å². The van der Waals surface area contributed by atoms with E-state index in [1.54, 1.807) is 0 Å². The van der Waals surface area contributed by atoms with Crippen molar-refractivity contribution >= 4 is 27.4 Å². The minimum atomic E-state index is -3.55. The molecular formula is C12H18ClN3O2S. The summed E-state index contributed by atoms with van der Waals surface area (Å²) in [6, 6.07) is 1.33. The molecule has 0 unspecified atom stereocenters. The Morgan fingerprint density at radius 3 is 2.68 bits per heavy atom. The lowest BCUT2D eigenvalue weighted by Gasteiger charge is -2.21.